The first-order valence-electron chi connectivity index (χ1n) is 7.60. The lowest BCUT2D eigenvalue weighted by Crippen LogP contribution is -2.02. The maximum atomic E-state index is 12.9. The maximum absolute atomic E-state index is 12.9. The largest absolute Gasteiger partial charge is 0.486 e. The number of nitrogens with zero attached hydrogens (tertiary/aromatic N) is 4. The lowest BCUT2D eigenvalue weighted by atomic mass is 10.2. The van der Waals surface area contributed by atoms with Gasteiger partial charge in [-0.05, 0) is 35.9 Å². The number of benzene rings is 2. The zero-order valence-corrected chi connectivity index (χ0v) is 13.9. The number of hydrogen-bond acceptors (Lipinski definition) is 5. The van der Waals surface area contributed by atoms with E-state index >= 15 is 0 Å². The maximum Gasteiger partial charge on any atom is 0.235 e. The monoisotopic (exact) mass is 352 g/mol. The molecule has 2 aromatic heterocycles. The van der Waals surface area contributed by atoms with Gasteiger partial charge in [0.25, 0.3) is 0 Å². The smallest absolute Gasteiger partial charge is 0.235 e. The summed E-state index contributed by atoms with van der Waals surface area (Å²) in [6, 6.07) is 15.9. The van der Waals surface area contributed by atoms with Crippen LogP contribution in [-0.2, 0) is 6.61 Å². The molecule has 0 amide bonds. The van der Waals surface area contributed by atoms with Crippen LogP contribution in [0.1, 0.15) is 16.4 Å². The second kappa shape index (κ2) is 6.82. The molecule has 25 heavy (non-hydrogen) atoms. The van der Waals surface area contributed by atoms with Gasteiger partial charge in [0.05, 0.1) is 0 Å². The minimum atomic E-state index is -0.299. The number of fused-ring (bicyclic) bond motifs is 1. The van der Waals surface area contributed by atoms with Crippen LogP contribution in [0.15, 0.2) is 54.6 Å². The Balaban J connectivity index is 1.50. The Kier molecular flexibility index (Phi) is 4.22. The van der Waals surface area contributed by atoms with Crippen molar-refractivity contribution in [1.29, 1.82) is 0 Å². The fourth-order valence-corrected chi connectivity index (χ4v) is 3.00. The zero-order valence-electron chi connectivity index (χ0n) is 13.0. The third kappa shape index (κ3) is 3.56. The van der Waals surface area contributed by atoms with Gasteiger partial charge in [0.1, 0.15) is 23.2 Å². The van der Waals surface area contributed by atoms with E-state index < -0.39 is 0 Å². The first-order chi connectivity index (χ1) is 12.3. The van der Waals surface area contributed by atoms with E-state index in [-0.39, 0.29) is 12.4 Å². The molecule has 0 unspecified atom stereocenters. The van der Waals surface area contributed by atoms with Crippen molar-refractivity contribution >= 4 is 28.4 Å². The SMILES string of the molecule is Fc1ccc(OCc2nnc3sc(/C=C/c4ccccc4)nn23)cc1. The molecule has 0 aliphatic carbocycles. The van der Waals surface area contributed by atoms with Crippen molar-refractivity contribution < 1.29 is 9.13 Å². The molecule has 7 heteroatoms. The van der Waals surface area contributed by atoms with Crippen LogP contribution in [0.2, 0.25) is 0 Å². The molecule has 0 bridgehead atoms. The van der Waals surface area contributed by atoms with Crippen LogP contribution in [-0.4, -0.2) is 19.8 Å². The molecule has 0 atom stereocenters. The van der Waals surface area contributed by atoms with E-state index in [4.69, 9.17) is 4.74 Å². The van der Waals surface area contributed by atoms with Gasteiger partial charge in [0.15, 0.2) is 5.82 Å². The van der Waals surface area contributed by atoms with Gasteiger partial charge in [0, 0.05) is 0 Å². The van der Waals surface area contributed by atoms with Gasteiger partial charge in [-0.15, -0.1) is 10.2 Å². The molecule has 4 aromatic rings. The van der Waals surface area contributed by atoms with Crippen LogP contribution in [0.4, 0.5) is 4.39 Å². The Morgan fingerprint density at radius 3 is 2.60 bits per heavy atom. The Bertz CT molecular complexity index is 1010. The molecule has 0 aliphatic rings. The molecule has 0 radical (unpaired) electrons. The second-order valence-electron chi connectivity index (χ2n) is 5.24. The van der Waals surface area contributed by atoms with Gasteiger partial charge in [0.2, 0.25) is 4.96 Å². The quantitative estimate of drug-likeness (QED) is 0.543. The third-order valence-corrected chi connectivity index (χ3v) is 4.33. The molecule has 0 N–H and O–H groups in total. The predicted molar refractivity (Wildman–Crippen MR) is 94.8 cm³/mol. The number of ether oxygens (including phenoxy) is 1. The van der Waals surface area contributed by atoms with Crippen LogP contribution < -0.4 is 4.74 Å². The third-order valence-electron chi connectivity index (χ3n) is 3.47. The number of aromatic nitrogens is 4. The highest BCUT2D eigenvalue weighted by molar-refractivity contribution is 7.17. The molecule has 0 spiro atoms. The van der Waals surface area contributed by atoms with Crippen molar-refractivity contribution in [3.8, 4) is 5.75 Å². The first kappa shape index (κ1) is 15.5. The zero-order chi connectivity index (χ0) is 17.1. The Labute approximate surface area is 147 Å². The Morgan fingerprint density at radius 2 is 1.80 bits per heavy atom. The van der Waals surface area contributed by atoms with E-state index in [9.17, 15) is 4.39 Å². The summed E-state index contributed by atoms with van der Waals surface area (Å²) in [7, 11) is 0. The molecule has 5 nitrogen and oxygen atoms in total. The summed E-state index contributed by atoms with van der Waals surface area (Å²) >= 11 is 1.45. The second-order valence-corrected chi connectivity index (χ2v) is 6.23. The lowest BCUT2D eigenvalue weighted by molar-refractivity contribution is 0.292. The summed E-state index contributed by atoms with van der Waals surface area (Å²) in [5.74, 6) is 0.860. The predicted octanol–water partition coefficient (Wildman–Crippen LogP) is 4.07. The van der Waals surface area contributed by atoms with Gasteiger partial charge in [-0.2, -0.15) is 9.61 Å². The minimum absolute atomic E-state index is 0.207. The van der Waals surface area contributed by atoms with Gasteiger partial charge in [-0.25, -0.2) is 4.39 Å². The van der Waals surface area contributed by atoms with E-state index in [0.717, 1.165) is 10.6 Å². The minimum Gasteiger partial charge on any atom is -0.486 e. The molecule has 2 heterocycles. The Hall–Kier alpha value is -3.06. The molecule has 4 rings (SSSR count). The van der Waals surface area contributed by atoms with Crippen LogP contribution in [0.25, 0.3) is 17.1 Å². The van der Waals surface area contributed by atoms with Crippen LogP contribution >= 0.6 is 11.3 Å². The topological polar surface area (TPSA) is 52.3 Å². The van der Waals surface area contributed by atoms with E-state index in [2.05, 4.69) is 15.3 Å². The summed E-state index contributed by atoms with van der Waals surface area (Å²) < 4.78 is 20.2. The number of halogens is 1. The van der Waals surface area contributed by atoms with Crippen molar-refractivity contribution in [3.05, 3.63) is 76.8 Å². The fourth-order valence-electron chi connectivity index (χ4n) is 2.24. The summed E-state index contributed by atoms with van der Waals surface area (Å²) in [5, 5.41) is 13.5. The molecule has 124 valence electrons. The summed E-state index contributed by atoms with van der Waals surface area (Å²) in [4.78, 5) is 0.699. The van der Waals surface area contributed by atoms with Crippen molar-refractivity contribution in [2.45, 2.75) is 6.61 Å². The average Bonchev–Trinajstić information content (AvgIpc) is 3.21. The molecule has 2 aromatic carbocycles. The number of hydrogen-bond donors (Lipinski definition) is 0. The molecule has 0 saturated heterocycles. The molecule has 0 saturated carbocycles. The molecule has 0 aliphatic heterocycles. The standard InChI is InChI=1S/C18H13FN4OS/c19-14-7-9-15(10-8-14)24-12-16-20-21-18-23(16)22-17(25-18)11-6-13-4-2-1-3-5-13/h1-11H,12H2/b11-6+. The summed E-state index contributed by atoms with van der Waals surface area (Å²) in [6.45, 7) is 0.207. The van der Waals surface area contributed by atoms with Gasteiger partial charge in [-0.1, -0.05) is 47.7 Å². The molecule has 0 fully saturated rings. The highest BCUT2D eigenvalue weighted by atomic mass is 32.1. The summed E-state index contributed by atoms with van der Waals surface area (Å²) in [5.41, 5.74) is 1.10. The first-order valence-corrected chi connectivity index (χ1v) is 8.42. The number of rotatable bonds is 5. The van der Waals surface area contributed by atoms with Crippen LogP contribution in [0.3, 0.4) is 0 Å². The fraction of sp³-hybridized carbons (Fsp3) is 0.0556. The molecular weight excluding hydrogens is 339 g/mol. The van der Waals surface area contributed by atoms with Crippen molar-refractivity contribution in [2.24, 2.45) is 0 Å². The Morgan fingerprint density at radius 1 is 1.00 bits per heavy atom. The van der Waals surface area contributed by atoms with E-state index in [0.29, 0.717) is 16.5 Å². The van der Waals surface area contributed by atoms with Crippen molar-refractivity contribution in [1.82, 2.24) is 19.8 Å². The highest BCUT2D eigenvalue weighted by Gasteiger charge is 2.11. The van der Waals surface area contributed by atoms with Crippen LogP contribution in [0.5, 0.6) is 5.75 Å². The van der Waals surface area contributed by atoms with Crippen molar-refractivity contribution in [2.75, 3.05) is 0 Å². The normalized spacial score (nSPS) is 11.4. The lowest BCUT2D eigenvalue weighted by Gasteiger charge is -2.03. The van der Waals surface area contributed by atoms with E-state index in [1.165, 1.54) is 23.5 Å². The van der Waals surface area contributed by atoms with E-state index in [1.807, 2.05) is 42.5 Å². The van der Waals surface area contributed by atoms with E-state index in [1.54, 1.807) is 16.6 Å². The van der Waals surface area contributed by atoms with Gasteiger partial charge in [-0.3, -0.25) is 0 Å². The highest BCUT2D eigenvalue weighted by Crippen LogP contribution is 2.18. The van der Waals surface area contributed by atoms with Gasteiger partial charge >= 0.3 is 0 Å². The molecular formula is C18H13FN4OS. The summed E-state index contributed by atoms with van der Waals surface area (Å²) in [6.07, 6.45) is 3.94. The van der Waals surface area contributed by atoms with Gasteiger partial charge < -0.3 is 4.74 Å². The van der Waals surface area contributed by atoms with Crippen molar-refractivity contribution in [3.63, 3.8) is 0 Å². The van der Waals surface area contributed by atoms with Crippen LogP contribution in [0, 0.1) is 5.82 Å². The average molecular weight is 352 g/mol.